The van der Waals surface area contributed by atoms with Crippen LogP contribution in [0.4, 0.5) is 35.0 Å². The van der Waals surface area contributed by atoms with Crippen LogP contribution < -0.4 is 15.1 Å². The van der Waals surface area contributed by atoms with E-state index in [0.717, 1.165) is 17.0 Å². The van der Waals surface area contributed by atoms with Gasteiger partial charge in [-0.05, 0) is 30.3 Å². The van der Waals surface area contributed by atoms with Crippen LogP contribution >= 0.6 is 0 Å². The number of hydrogen-bond acceptors (Lipinski definition) is 7. The quantitative estimate of drug-likeness (QED) is 0.613. The number of amides is 2. The average Bonchev–Trinajstić information content (AvgIpc) is 2.86. The molecule has 12 heteroatoms. The number of anilines is 3. The summed E-state index contributed by atoms with van der Waals surface area (Å²) >= 11 is 0. The predicted molar refractivity (Wildman–Crippen MR) is 121 cm³/mol. The third-order valence-electron chi connectivity index (χ3n) is 5.22. The van der Waals surface area contributed by atoms with E-state index in [-0.39, 0.29) is 16.9 Å². The molecule has 3 rings (SSSR count). The van der Waals surface area contributed by atoms with E-state index in [4.69, 9.17) is 9.47 Å². The highest BCUT2D eigenvalue weighted by Crippen LogP contribution is 2.35. The molecule has 0 radical (unpaired) electrons. The van der Waals surface area contributed by atoms with E-state index in [1.54, 1.807) is 17.0 Å². The molecular weight excluding hydrogens is 471 g/mol. The number of para-hydroxylation sites is 1. The second-order valence-electron chi connectivity index (χ2n) is 7.50. The summed E-state index contributed by atoms with van der Waals surface area (Å²) < 4.78 is 54.7. The van der Waals surface area contributed by atoms with E-state index in [0.29, 0.717) is 32.0 Å². The minimum absolute atomic E-state index is 0.00118. The molecule has 0 spiro atoms. The number of esters is 1. The van der Waals surface area contributed by atoms with Crippen molar-refractivity contribution in [2.75, 3.05) is 62.2 Å². The van der Waals surface area contributed by atoms with Crippen molar-refractivity contribution in [1.82, 2.24) is 0 Å². The van der Waals surface area contributed by atoms with Crippen molar-refractivity contribution in [3.63, 3.8) is 0 Å². The van der Waals surface area contributed by atoms with Crippen LogP contribution in [0.15, 0.2) is 42.5 Å². The van der Waals surface area contributed by atoms with E-state index in [2.05, 4.69) is 10.1 Å². The molecule has 1 fully saturated rings. The Kier molecular flexibility index (Phi) is 8.18. The number of nitrogens with zero attached hydrogens (tertiary/aromatic N) is 2. The second-order valence-corrected chi connectivity index (χ2v) is 7.50. The number of rotatable bonds is 6. The van der Waals surface area contributed by atoms with Crippen molar-refractivity contribution in [1.29, 1.82) is 0 Å². The van der Waals surface area contributed by atoms with E-state index in [9.17, 15) is 27.6 Å². The molecular formula is C23H24F3N3O6. The molecule has 0 unspecified atom stereocenters. The zero-order valence-corrected chi connectivity index (χ0v) is 19.1. The zero-order valence-electron chi connectivity index (χ0n) is 19.1. The summed E-state index contributed by atoms with van der Waals surface area (Å²) in [6, 6.07) is 9.10. The van der Waals surface area contributed by atoms with Gasteiger partial charge in [-0.15, -0.1) is 0 Å². The van der Waals surface area contributed by atoms with Crippen LogP contribution in [0.2, 0.25) is 0 Å². The maximum Gasteiger partial charge on any atom is 0.416 e. The Morgan fingerprint density at radius 2 is 1.80 bits per heavy atom. The highest BCUT2D eigenvalue weighted by molar-refractivity contribution is 6.02. The Balaban J connectivity index is 1.74. The summed E-state index contributed by atoms with van der Waals surface area (Å²) in [7, 11) is 2.58. The Bertz CT molecular complexity index is 1090. The summed E-state index contributed by atoms with van der Waals surface area (Å²) in [5, 5.41) is 2.41. The van der Waals surface area contributed by atoms with Crippen LogP contribution in [-0.2, 0) is 25.2 Å². The molecule has 2 aromatic carbocycles. The van der Waals surface area contributed by atoms with Gasteiger partial charge in [0.15, 0.2) is 6.61 Å². The van der Waals surface area contributed by atoms with Gasteiger partial charge in [-0.25, -0.2) is 9.59 Å². The normalized spacial score (nSPS) is 13.7. The Labute approximate surface area is 199 Å². The topological polar surface area (TPSA) is 97.4 Å². The molecule has 35 heavy (non-hydrogen) atoms. The van der Waals surface area contributed by atoms with E-state index >= 15 is 0 Å². The van der Waals surface area contributed by atoms with Crippen LogP contribution in [0, 0.1) is 0 Å². The molecule has 9 nitrogen and oxygen atoms in total. The molecule has 0 bridgehead atoms. The molecule has 0 saturated carbocycles. The number of carbonyl (C=O) groups excluding carboxylic acids is 3. The molecule has 0 aromatic heterocycles. The highest BCUT2D eigenvalue weighted by atomic mass is 19.4. The molecule has 1 aliphatic heterocycles. The Morgan fingerprint density at radius 1 is 1.11 bits per heavy atom. The smallest absolute Gasteiger partial charge is 0.416 e. The van der Waals surface area contributed by atoms with Gasteiger partial charge in [0, 0.05) is 20.1 Å². The maximum absolute atomic E-state index is 13.3. The number of benzene rings is 2. The molecule has 0 aliphatic carbocycles. The maximum atomic E-state index is 13.3. The van der Waals surface area contributed by atoms with Gasteiger partial charge in [0.1, 0.15) is 0 Å². The molecule has 1 heterocycles. The SMILES string of the molecule is COC(=O)N(C)c1ccccc1C(=O)OCC(=O)Nc1cc(C(F)(F)F)ccc1N1CCOCC1. The first-order valence-electron chi connectivity index (χ1n) is 10.5. The lowest BCUT2D eigenvalue weighted by atomic mass is 10.1. The number of methoxy groups -OCH3 is 1. The number of ether oxygens (including phenoxy) is 3. The Hall–Kier alpha value is -3.80. The molecule has 2 amide bonds. The number of nitrogens with one attached hydrogen (secondary N) is 1. The zero-order chi connectivity index (χ0) is 25.6. The minimum atomic E-state index is -4.61. The Morgan fingerprint density at radius 3 is 2.46 bits per heavy atom. The van der Waals surface area contributed by atoms with Crippen molar-refractivity contribution in [3.05, 3.63) is 53.6 Å². The monoisotopic (exact) mass is 495 g/mol. The van der Waals surface area contributed by atoms with Crippen LogP contribution in [0.1, 0.15) is 15.9 Å². The predicted octanol–water partition coefficient (Wildman–Crippen LogP) is 3.54. The number of morpholine rings is 1. The number of halogens is 3. The van der Waals surface area contributed by atoms with Gasteiger partial charge in [0.05, 0.1) is 48.5 Å². The van der Waals surface area contributed by atoms with E-state index in [1.807, 2.05) is 0 Å². The minimum Gasteiger partial charge on any atom is -0.452 e. The molecule has 1 aliphatic rings. The number of alkyl halides is 3. The standard InChI is InChI=1S/C23H24F3N3O6/c1-28(22(32)33-2)18-6-4-3-5-16(18)21(31)35-14-20(30)27-17-13-15(23(24,25)26)7-8-19(17)29-9-11-34-12-10-29/h3-8,13H,9-12,14H2,1-2H3,(H,27,30). The van der Waals surface area contributed by atoms with Crippen LogP contribution in [-0.4, -0.2) is 65.0 Å². The van der Waals surface area contributed by atoms with E-state index in [1.165, 1.54) is 32.4 Å². The van der Waals surface area contributed by atoms with Gasteiger partial charge in [-0.3, -0.25) is 9.69 Å². The van der Waals surface area contributed by atoms with E-state index < -0.39 is 36.3 Å². The lowest BCUT2D eigenvalue weighted by Crippen LogP contribution is -2.37. The number of carbonyl (C=O) groups is 3. The first kappa shape index (κ1) is 25.8. The summed E-state index contributed by atoms with van der Waals surface area (Å²) in [6.07, 6.45) is -5.33. The number of hydrogen-bond donors (Lipinski definition) is 1. The van der Waals surface area contributed by atoms with Gasteiger partial charge in [-0.2, -0.15) is 13.2 Å². The van der Waals surface area contributed by atoms with Crippen molar-refractivity contribution in [3.8, 4) is 0 Å². The van der Waals surface area contributed by atoms with Gasteiger partial charge < -0.3 is 24.4 Å². The highest BCUT2D eigenvalue weighted by Gasteiger charge is 2.32. The second kappa shape index (κ2) is 11.1. The molecule has 1 N–H and O–H groups in total. The fraction of sp³-hybridized carbons (Fsp3) is 0.348. The fourth-order valence-corrected chi connectivity index (χ4v) is 3.46. The van der Waals surface area contributed by atoms with Gasteiger partial charge >= 0.3 is 18.2 Å². The summed E-state index contributed by atoms with van der Waals surface area (Å²) in [5.74, 6) is -1.73. The summed E-state index contributed by atoms with van der Waals surface area (Å²) in [5.41, 5.74) is -0.403. The van der Waals surface area contributed by atoms with Crippen LogP contribution in [0.3, 0.4) is 0 Å². The van der Waals surface area contributed by atoms with Gasteiger partial charge in [0.25, 0.3) is 5.91 Å². The van der Waals surface area contributed by atoms with Gasteiger partial charge in [-0.1, -0.05) is 12.1 Å². The molecule has 1 saturated heterocycles. The first-order valence-corrected chi connectivity index (χ1v) is 10.5. The third kappa shape index (κ3) is 6.41. The summed E-state index contributed by atoms with van der Waals surface area (Å²) in [4.78, 5) is 39.8. The molecule has 0 atom stereocenters. The van der Waals surface area contributed by atoms with Crippen molar-refractivity contribution in [2.24, 2.45) is 0 Å². The largest absolute Gasteiger partial charge is 0.452 e. The van der Waals surface area contributed by atoms with Gasteiger partial charge in [0.2, 0.25) is 0 Å². The lowest BCUT2D eigenvalue weighted by molar-refractivity contribution is -0.137. The van der Waals surface area contributed by atoms with Crippen molar-refractivity contribution >= 4 is 35.0 Å². The van der Waals surface area contributed by atoms with Crippen molar-refractivity contribution < 1.29 is 41.8 Å². The first-order chi connectivity index (χ1) is 16.6. The van der Waals surface area contributed by atoms with Crippen LogP contribution in [0.5, 0.6) is 0 Å². The molecule has 2 aromatic rings. The van der Waals surface area contributed by atoms with Crippen LogP contribution in [0.25, 0.3) is 0 Å². The third-order valence-corrected chi connectivity index (χ3v) is 5.22. The van der Waals surface area contributed by atoms with Crippen molar-refractivity contribution in [2.45, 2.75) is 6.18 Å². The fourth-order valence-electron chi connectivity index (χ4n) is 3.46. The average molecular weight is 495 g/mol. The molecule has 188 valence electrons. The summed E-state index contributed by atoms with van der Waals surface area (Å²) in [6.45, 7) is 0.909. The lowest BCUT2D eigenvalue weighted by Gasteiger charge is -2.31.